The van der Waals surface area contributed by atoms with Crippen LogP contribution in [0.1, 0.15) is 11.1 Å². The van der Waals surface area contributed by atoms with Crippen LogP contribution in [0.25, 0.3) is 0 Å². The molecule has 0 spiro atoms. The zero-order valence-corrected chi connectivity index (χ0v) is 14.9. The van der Waals surface area contributed by atoms with Gasteiger partial charge in [0.15, 0.2) is 11.5 Å². The molecule has 1 atom stereocenters. The van der Waals surface area contributed by atoms with E-state index >= 15 is 0 Å². The van der Waals surface area contributed by atoms with E-state index in [0.29, 0.717) is 19.6 Å². The van der Waals surface area contributed by atoms with E-state index in [1.807, 2.05) is 36.4 Å². The van der Waals surface area contributed by atoms with Gasteiger partial charge in [-0.15, -0.1) is 0 Å². The zero-order valence-electron chi connectivity index (χ0n) is 14.9. The Labute approximate surface area is 153 Å². The minimum Gasteiger partial charge on any atom is -0.454 e. The van der Waals surface area contributed by atoms with Crippen LogP contribution in [0.4, 0.5) is 4.79 Å². The molecule has 0 saturated carbocycles. The average molecular weight is 356 g/mol. The molecule has 0 radical (unpaired) electrons. The van der Waals surface area contributed by atoms with Crippen LogP contribution in [0.2, 0.25) is 0 Å². The highest BCUT2D eigenvalue weighted by Crippen LogP contribution is 2.32. The van der Waals surface area contributed by atoms with Crippen molar-refractivity contribution in [3.8, 4) is 11.5 Å². The van der Waals surface area contributed by atoms with E-state index in [4.69, 9.17) is 14.2 Å². The molecule has 0 fully saturated rings. The molecule has 26 heavy (non-hydrogen) atoms. The summed E-state index contributed by atoms with van der Waals surface area (Å²) in [6, 6.07) is 15.8. The molecule has 0 unspecified atom stereocenters. The minimum atomic E-state index is -0.191. The first kappa shape index (κ1) is 18.1. The fourth-order valence-corrected chi connectivity index (χ4v) is 2.93. The highest BCUT2D eigenvalue weighted by Gasteiger charge is 2.17. The number of ether oxygens (including phenoxy) is 3. The molecule has 6 heteroatoms. The Hall–Kier alpha value is -2.73. The van der Waals surface area contributed by atoms with Gasteiger partial charge in [-0.1, -0.05) is 36.4 Å². The van der Waals surface area contributed by atoms with Crippen molar-refractivity contribution in [1.82, 2.24) is 10.6 Å². The summed E-state index contributed by atoms with van der Waals surface area (Å²) in [5.41, 5.74) is 2.27. The van der Waals surface area contributed by atoms with Crippen molar-refractivity contribution in [2.75, 3.05) is 27.1 Å². The quantitative estimate of drug-likeness (QED) is 0.713. The van der Waals surface area contributed by atoms with Gasteiger partial charge in [0.05, 0.1) is 6.61 Å². The first-order valence-electron chi connectivity index (χ1n) is 8.70. The number of hydrogen-bond donors (Lipinski definition) is 2. The molecule has 0 aliphatic carbocycles. The van der Waals surface area contributed by atoms with Crippen LogP contribution in [0, 0.1) is 0 Å². The molecule has 1 aliphatic heterocycles. The molecular formula is C20H24N2O4. The maximum Gasteiger partial charge on any atom is 0.315 e. The molecular weight excluding hydrogens is 332 g/mol. The van der Waals surface area contributed by atoms with E-state index in [-0.39, 0.29) is 18.9 Å². The van der Waals surface area contributed by atoms with Gasteiger partial charge in [0.1, 0.15) is 0 Å². The van der Waals surface area contributed by atoms with Crippen LogP contribution < -0.4 is 20.1 Å². The second kappa shape index (κ2) is 9.10. The first-order chi connectivity index (χ1) is 12.7. The number of hydrogen-bond acceptors (Lipinski definition) is 4. The second-order valence-electron chi connectivity index (χ2n) is 6.17. The summed E-state index contributed by atoms with van der Waals surface area (Å²) in [5.74, 6) is 1.52. The van der Waals surface area contributed by atoms with Crippen molar-refractivity contribution >= 4 is 6.03 Å². The van der Waals surface area contributed by atoms with E-state index in [1.54, 1.807) is 7.11 Å². The molecule has 0 bridgehead atoms. The number of nitrogens with one attached hydrogen (secondary N) is 2. The Balaban J connectivity index is 1.66. The van der Waals surface area contributed by atoms with Gasteiger partial charge in [-0.05, 0) is 36.1 Å². The van der Waals surface area contributed by atoms with Crippen molar-refractivity contribution in [1.29, 1.82) is 0 Å². The van der Waals surface area contributed by atoms with Gasteiger partial charge in [0.2, 0.25) is 6.79 Å². The van der Waals surface area contributed by atoms with Crippen LogP contribution in [0.15, 0.2) is 48.5 Å². The highest BCUT2D eigenvalue weighted by molar-refractivity contribution is 5.74. The number of carbonyl (C=O) groups is 1. The average Bonchev–Trinajstić information content (AvgIpc) is 3.10. The van der Waals surface area contributed by atoms with E-state index in [2.05, 4.69) is 22.8 Å². The molecule has 2 N–H and O–H groups in total. The molecule has 2 aromatic rings. The van der Waals surface area contributed by atoms with Gasteiger partial charge in [0.25, 0.3) is 0 Å². The standard InChI is InChI=1S/C20H24N2O4/c1-24-10-9-21-20(23)22-17(11-15-5-3-2-4-6-15)12-16-7-8-18-19(13-16)26-14-25-18/h2-8,13,17H,9-12,14H2,1H3,(H2,21,22,23)/t17-/m0/s1. The van der Waals surface area contributed by atoms with Gasteiger partial charge in [-0.2, -0.15) is 0 Å². The first-order valence-corrected chi connectivity index (χ1v) is 8.70. The van der Waals surface area contributed by atoms with Gasteiger partial charge in [-0.3, -0.25) is 0 Å². The van der Waals surface area contributed by atoms with Crippen molar-refractivity contribution < 1.29 is 19.0 Å². The third-order valence-corrected chi connectivity index (χ3v) is 4.17. The number of urea groups is 1. The predicted molar refractivity (Wildman–Crippen MR) is 98.6 cm³/mol. The Bertz CT molecular complexity index is 721. The van der Waals surface area contributed by atoms with Gasteiger partial charge in [-0.25, -0.2) is 4.79 Å². The van der Waals surface area contributed by atoms with Gasteiger partial charge < -0.3 is 24.8 Å². The Morgan fingerprint density at radius 1 is 1.08 bits per heavy atom. The lowest BCUT2D eigenvalue weighted by molar-refractivity contribution is 0.174. The Morgan fingerprint density at radius 2 is 1.85 bits per heavy atom. The monoisotopic (exact) mass is 356 g/mol. The predicted octanol–water partition coefficient (Wildman–Crippen LogP) is 2.51. The maximum absolute atomic E-state index is 12.2. The number of carbonyl (C=O) groups excluding carboxylic acids is 1. The van der Waals surface area contributed by atoms with Crippen LogP contribution in [0.5, 0.6) is 11.5 Å². The highest BCUT2D eigenvalue weighted by atomic mass is 16.7. The summed E-state index contributed by atoms with van der Waals surface area (Å²) < 4.78 is 15.8. The number of methoxy groups -OCH3 is 1. The second-order valence-corrected chi connectivity index (χ2v) is 6.17. The summed E-state index contributed by atoms with van der Waals surface area (Å²) in [6.07, 6.45) is 1.44. The van der Waals surface area contributed by atoms with Crippen LogP contribution in [-0.2, 0) is 17.6 Å². The van der Waals surface area contributed by atoms with Gasteiger partial charge in [0, 0.05) is 19.7 Å². The Kier molecular flexibility index (Phi) is 6.33. The number of amides is 2. The minimum absolute atomic E-state index is 0.0414. The van der Waals surface area contributed by atoms with Crippen LogP contribution >= 0.6 is 0 Å². The lowest BCUT2D eigenvalue weighted by atomic mass is 9.99. The van der Waals surface area contributed by atoms with Crippen molar-refractivity contribution in [3.63, 3.8) is 0 Å². The molecule has 138 valence electrons. The molecule has 3 rings (SSSR count). The van der Waals surface area contributed by atoms with Crippen LogP contribution in [-0.4, -0.2) is 39.1 Å². The van der Waals surface area contributed by atoms with Crippen molar-refractivity contribution in [3.05, 3.63) is 59.7 Å². The fraction of sp³-hybridized carbons (Fsp3) is 0.350. The molecule has 0 saturated heterocycles. The molecule has 6 nitrogen and oxygen atoms in total. The zero-order chi connectivity index (χ0) is 18.2. The summed E-state index contributed by atoms with van der Waals surface area (Å²) >= 11 is 0. The van der Waals surface area contributed by atoms with Gasteiger partial charge >= 0.3 is 6.03 Å². The van der Waals surface area contributed by atoms with Crippen LogP contribution in [0.3, 0.4) is 0 Å². The normalized spacial score (nSPS) is 13.3. The number of rotatable bonds is 8. The largest absolute Gasteiger partial charge is 0.454 e. The molecule has 2 amide bonds. The summed E-state index contributed by atoms with van der Waals surface area (Å²) in [5, 5.41) is 5.87. The summed E-state index contributed by atoms with van der Waals surface area (Å²) in [7, 11) is 1.61. The number of benzene rings is 2. The maximum atomic E-state index is 12.2. The third kappa shape index (κ3) is 5.13. The molecule has 2 aromatic carbocycles. The van der Waals surface area contributed by atoms with E-state index in [0.717, 1.165) is 23.5 Å². The molecule has 1 aliphatic rings. The van der Waals surface area contributed by atoms with E-state index in [1.165, 1.54) is 5.56 Å². The van der Waals surface area contributed by atoms with E-state index in [9.17, 15) is 4.79 Å². The lowest BCUT2D eigenvalue weighted by Crippen LogP contribution is -2.45. The van der Waals surface area contributed by atoms with Crippen molar-refractivity contribution in [2.24, 2.45) is 0 Å². The number of fused-ring (bicyclic) bond motifs is 1. The molecule has 1 heterocycles. The fourth-order valence-electron chi connectivity index (χ4n) is 2.93. The summed E-state index contributed by atoms with van der Waals surface area (Å²) in [4.78, 5) is 12.2. The van der Waals surface area contributed by atoms with Crippen molar-refractivity contribution in [2.45, 2.75) is 18.9 Å². The smallest absolute Gasteiger partial charge is 0.315 e. The lowest BCUT2D eigenvalue weighted by Gasteiger charge is -2.20. The SMILES string of the molecule is COCCNC(=O)N[C@@H](Cc1ccccc1)Cc1ccc2c(c1)OCO2. The topological polar surface area (TPSA) is 68.8 Å². The van der Waals surface area contributed by atoms with E-state index < -0.39 is 0 Å². The third-order valence-electron chi connectivity index (χ3n) is 4.17. The Morgan fingerprint density at radius 3 is 2.65 bits per heavy atom. The molecule has 0 aromatic heterocycles. The summed E-state index contributed by atoms with van der Waals surface area (Å²) in [6.45, 7) is 1.22.